The van der Waals surface area contributed by atoms with Crippen LogP contribution in [0.1, 0.15) is 32.1 Å². The topological polar surface area (TPSA) is 53.7 Å². The number of nitrogens with two attached hydrogens (primary N) is 1. The molecule has 0 bridgehead atoms. The van der Waals surface area contributed by atoms with Crippen molar-refractivity contribution in [1.29, 1.82) is 0 Å². The lowest BCUT2D eigenvalue weighted by Crippen LogP contribution is -2.49. The van der Waals surface area contributed by atoms with Crippen LogP contribution >= 0.6 is 0 Å². The second-order valence-corrected chi connectivity index (χ2v) is 6.11. The third-order valence-electron chi connectivity index (χ3n) is 4.95. The Balaban J connectivity index is 1.60. The highest BCUT2D eigenvalue weighted by Crippen LogP contribution is 2.38. The second kappa shape index (κ2) is 5.45. The monoisotopic (exact) mass is 255 g/mol. The Morgan fingerprint density at radius 3 is 2.44 bits per heavy atom. The molecule has 0 saturated carbocycles. The van der Waals surface area contributed by atoms with Gasteiger partial charge in [0, 0.05) is 38.9 Å². The van der Waals surface area contributed by atoms with E-state index in [4.69, 9.17) is 19.9 Å². The van der Waals surface area contributed by atoms with Crippen LogP contribution in [0.25, 0.3) is 0 Å². The highest BCUT2D eigenvalue weighted by molar-refractivity contribution is 4.94. The largest absolute Gasteiger partial charge is 0.381 e. The summed E-state index contributed by atoms with van der Waals surface area (Å²) < 4.78 is 16.9. The van der Waals surface area contributed by atoms with E-state index >= 15 is 0 Å². The van der Waals surface area contributed by atoms with Gasteiger partial charge in [0.05, 0.1) is 12.2 Å². The molecule has 3 unspecified atom stereocenters. The predicted octanol–water partition coefficient (Wildman–Crippen LogP) is 1.33. The molecule has 0 aromatic heterocycles. The van der Waals surface area contributed by atoms with Gasteiger partial charge in [-0.2, -0.15) is 0 Å². The summed E-state index contributed by atoms with van der Waals surface area (Å²) in [6.45, 7) is 4.24. The van der Waals surface area contributed by atoms with Crippen molar-refractivity contribution in [2.75, 3.05) is 33.0 Å². The summed E-state index contributed by atoms with van der Waals surface area (Å²) in [5, 5.41) is 0. The van der Waals surface area contributed by atoms with Gasteiger partial charge in [0.2, 0.25) is 0 Å². The van der Waals surface area contributed by atoms with Crippen LogP contribution in [0, 0.1) is 11.8 Å². The van der Waals surface area contributed by atoms with Crippen molar-refractivity contribution in [3.05, 3.63) is 0 Å². The van der Waals surface area contributed by atoms with E-state index in [2.05, 4.69) is 0 Å². The summed E-state index contributed by atoms with van der Waals surface area (Å²) in [5.74, 6) is 1.24. The third-order valence-corrected chi connectivity index (χ3v) is 4.95. The number of ether oxygens (including phenoxy) is 3. The minimum atomic E-state index is -0.00823. The van der Waals surface area contributed by atoms with Crippen molar-refractivity contribution in [3.63, 3.8) is 0 Å². The summed E-state index contributed by atoms with van der Waals surface area (Å²) in [5.41, 5.74) is 6.51. The molecule has 3 aliphatic heterocycles. The van der Waals surface area contributed by atoms with Crippen molar-refractivity contribution in [1.82, 2.24) is 0 Å². The van der Waals surface area contributed by atoms with E-state index in [0.29, 0.717) is 17.9 Å². The van der Waals surface area contributed by atoms with Gasteiger partial charge in [0.1, 0.15) is 0 Å². The van der Waals surface area contributed by atoms with Gasteiger partial charge in [-0.05, 0) is 37.5 Å². The first kappa shape index (κ1) is 12.9. The second-order valence-electron chi connectivity index (χ2n) is 6.11. The van der Waals surface area contributed by atoms with Crippen molar-refractivity contribution in [3.8, 4) is 0 Å². The first-order chi connectivity index (χ1) is 8.79. The summed E-state index contributed by atoms with van der Waals surface area (Å²) >= 11 is 0. The minimum Gasteiger partial charge on any atom is -0.381 e. The van der Waals surface area contributed by atoms with Gasteiger partial charge < -0.3 is 19.9 Å². The number of hydrogen-bond acceptors (Lipinski definition) is 4. The quantitative estimate of drug-likeness (QED) is 0.808. The highest BCUT2D eigenvalue weighted by atomic mass is 16.6. The lowest BCUT2D eigenvalue weighted by Gasteiger charge is -2.42. The van der Waals surface area contributed by atoms with E-state index in [9.17, 15) is 0 Å². The zero-order valence-corrected chi connectivity index (χ0v) is 11.1. The lowest BCUT2D eigenvalue weighted by molar-refractivity contribution is -0.105. The van der Waals surface area contributed by atoms with Crippen molar-refractivity contribution in [2.24, 2.45) is 17.6 Å². The van der Waals surface area contributed by atoms with Crippen LogP contribution in [-0.2, 0) is 14.2 Å². The average molecular weight is 255 g/mol. The maximum Gasteiger partial charge on any atom is 0.0939 e. The molecule has 18 heavy (non-hydrogen) atoms. The van der Waals surface area contributed by atoms with E-state index in [-0.39, 0.29) is 5.60 Å². The molecule has 0 amide bonds. The summed E-state index contributed by atoms with van der Waals surface area (Å²) in [6, 6.07) is 0.315. The van der Waals surface area contributed by atoms with Gasteiger partial charge in [0.25, 0.3) is 0 Å². The molecule has 1 spiro atoms. The van der Waals surface area contributed by atoms with Crippen LogP contribution in [0.3, 0.4) is 0 Å². The third kappa shape index (κ3) is 2.57. The highest BCUT2D eigenvalue weighted by Gasteiger charge is 2.43. The van der Waals surface area contributed by atoms with Gasteiger partial charge in [-0.3, -0.25) is 0 Å². The van der Waals surface area contributed by atoms with E-state index < -0.39 is 0 Å². The van der Waals surface area contributed by atoms with E-state index in [0.717, 1.165) is 65.1 Å². The Bertz CT molecular complexity index is 272. The number of rotatable bonds is 2. The summed E-state index contributed by atoms with van der Waals surface area (Å²) in [4.78, 5) is 0. The summed E-state index contributed by atoms with van der Waals surface area (Å²) in [7, 11) is 0. The molecular formula is C14H25NO3. The maximum atomic E-state index is 6.52. The van der Waals surface area contributed by atoms with E-state index in [1.165, 1.54) is 0 Å². The molecular weight excluding hydrogens is 230 g/mol. The fourth-order valence-corrected chi connectivity index (χ4v) is 3.74. The van der Waals surface area contributed by atoms with Gasteiger partial charge in [-0.1, -0.05) is 0 Å². The Labute approximate surface area is 109 Å². The molecule has 4 nitrogen and oxygen atoms in total. The molecule has 0 aromatic rings. The van der Waals surface area contributed by atoms with Crippen LogP contribution in [0.2, 0.25) is 0 Å². The predicted molar refractivity (Wildman–Crippen MR) is 68.4 cm³/mol. The van der Waals surface area contributed by atoms with Gasteiger partial charge >= 0.3 is 0 Å². The van der Waals surface area contributed by atoms with Crippen LogP contribution < -0.4 is 5.73 Å². The average Bonchev–Trinajstić information content (AvgIpc) is 2.87. The zero-order chi connectivity index (χ0) is 12.4. The van der Waals surface area contributed by atoms with E-state index in [1.807, 2.05) is 0 Å². The molecule has 3 heterocycles. The van der Waals surface area contributed by atoms with Crippen LogP contribution in [0.5, 0.6) is 0 Å². The molecule has 2 N–H and O–H groups in total. The lowest BCUT2D eigenvalue weighted by atomic mass is 9.75. The molecule has 0 aliphatic carbocycles. The molecule has 3 rings (SSSR count). The van der Waals surface area contributed by atoms with Crippen LogP contribution in [0.15, 0.2) is 0 Å². The minimum absolute atomic E-state index is 0.00823. The van der Waals surface area contributed by atoms with Crippen molar-refractivity contribution >= 4 is 0 Å². The fraction of sp³-hybridized carbons (Fsp3) is 1.00. The normalized spacial score (nSPS) is 40.2. The number of hydrogen-bond donors (Lipinski definition) is 1. The van der Waals surface area contributed by atoms with Gasteiger partial charge in [0.15, 0.2) is 0 Å². The Morgan fingerprint density at radius 1 is 0.944 bits per heavy atom. The molecule has 0 aromatic carbocycles. The molecule has 3 saturated heterocycles. The Hall–Kier alpha value is -0.160. The smallest absolute Gasteiger partial charge is 0.0939 e. The first-order valence-electron chi connectivity index (χ1n) is 7.34. The molecule has 0 radical (unpaired) electrons. The van der Waals surface area contributed by atoms with Crippen LogP contribution in [-0.4, -0.2) is 44.7 Å². The molecule has 104 valence electrons. The maximum absolute atomic E-state index is 6.52. The van der Waals surface area contributed by atoms with Crippen molar-refractivity contribution in [2.45, 2.75) is 43.7 Å². The molecule has 4 heteroatoms. The Kier molecular flexibility index (Phi) is 3.89. The molecule has 3 atom stereocenters. The summed E-state index contributed by atoms with van der Waals surface area (Å²) in [6.07, 6.45) is 5.50. The molecule has 3 aliphatic rings. The first-order valence-corrected chi connectivity index (χ1v) is 7.34. The van der Waals surface area contributed by atoms with Crippen LogP contribution in [0.4, 0.5) is 0 Å². The SMILES string of the molecule is NC(C1CCOCC1)C1CCOC2(CCOC2)C1. The van der Waals surface area contributed by atoms with Gasteiger partial charge in [-0.25, -0.2) is 0 Å². The standard InChI is InChI=1S/C14H25NO3/c15-13(11-1-5-16-6-2-11)12-3-7-18-14(9-12)4-8-17-10-14/h11-13H,1-10,15H2. The van der Waals surface area contributed by atoms with Crippen molar-refractivity contribution < 1.29 is 14.2 Å². The fourth-order valence-electron chi connectivity index (χ4n) is 3.74. The van der Waals surface area contributed by atoms with Gasteiger partial charge in [-0.15, -0.1) is 0 Å². The zero-order valence-electron chi connectivity index (χ0n) is 11.1. The van der Waals surface area contributed by atoms with E-state index in [1.54, 1.807) is 0 Å². The Morgan fingerprint density at radius 2 is 1.72 bits per heavy atom. The molecule has 3 fully saturated rings.